The van der Waals surface area contributed by atoms with Gasteiger partial charge < -0.3 is 10.3 Å². The molecule has 1 amide bonds. The lowest BCUT2D eigenvalue weighted by Gasteiger charge is -2.01. The summed E-state index contributed by atoms with van der Waals surface area (Å²) in [4.78, 5) is 18.8. The van der Waals surface area contributed by atoms with E-state index in [1.165, 1.54) is 6.08 Å². The lowest BCUT2D eigenvalue weighted by Crippen LogP contribution is -2.21. The van der Waals surface area contributed by atoms with Gasteiger partial charge in [-0.2, -0.15) is 0 Å². The van der Waals surface area contributed by atoms with Gasteiger partial charge in [-0.1, -0.05) is 25.1 Å². The first kappa shape index (κ1) is 13.3. The third-order valence-corrected chi connectivity index (χ3v) is 3.01. The molecule has 1 aromatic carbocycles. The summed E-state index contributed by atoms with van der Waals surface area (Å²) in [7, 11) is 0. The maximum atomic E-state index is 10.9. The van der Waals surface area contributed by atoms with Crippen molar-refractivity contribution >= 4 is 16.9 Å². The van der Waals surface area contributed by atoms with Crippen molar-refractivity contribution in [2.24, 2.45) is 0 Å². The van der Waals surface area contributed by atoms with E-state index in [1.807, 2.05) is 24.3 Å². The number of para-hydroxylation sites is 2. The zero-order chi connectivity index (χ0) is 13.5. The lowest BCUT2D eigenvalue weighted by molar-refractivity contribution is -0.116. The number of hydrogen-bond donors (Lipinski definition) is 2. The quantitative estimate of drug-likeness (QED) is 0.591. The second-order valence-corrected chi connectivity index (χ2v) is 4.51. The zero-order valence-electron chi connectivity index (χ0n) is 11.0. The number of aryl methyl sites for hydroxylation is 1. The second kappa shape index (κ2) is 6.73. The van der Waals surface area contributed by atoms with Crippen LogP contribution in [0.2, 0.25) is 0 Å². The molecule has 0 aliphatic carbocycles. The first-order valence-electron chi connectivity index (χ1n) is 6.63. The number of carbonyl (C=O) groups is 1. The predicted octanol–water partition coefficient (Wildman–Crippen LogP) is 2.58. The maximum Gasteiger partial charge on any atom is 0.243 e. The van der Waals surface area contributed by atoms with E-state index in [0.29, 0.717) is 6.54 Å². The van der Waals surface area contributed by atoms with E-state index >= 15 is 0 Å². The molecule has 0 atom stereocenters. The maximum absolute atomic E-state index is 10.9. The Bertz CT molecular complexity index is 526. The number of imidazole rings is 1. The molecule has 2 aromatic rings. The van der Waals surface area contributed by atoms with Gasteiger partial charge in [-0.05, 0) is 31.1 Å². The number of nitrogens with zero attached hydrogens (tertiary/aromatic N) is 1. The molecule has 2 N–H and O–H groups in total. The zero-order valence-corrected chi connectivity index (χ0v) is 11.0. The molecule has 100 valence electrons. The molecule has 19 heavy (non-hydrogen) atoms. The fourth-order valence-electron chi connectivity index (χ4n) is 2.00. The Morgan fingerprint density at radius 1 is 1.32 bits per heavy atom. The van der Waals surface area contributed by atoms with Crippen molar-refractivity contribution < 1.29 is 4.79 Å². The summed E-state index contributed by atoms with van der Waals surface area (Å²) in [6.07, 6.45) is 5.39. The summed E-state index contributed by atoms with van der Waals surface area (Å²) in [5.74, 6) is 0.939. The highest BCUT2D eigenvalue weighted by Crippen LogP contribution is 2.12. The Morgan fingerprint density at radius 2 is 2.16 bits per heavy atom. The van der Waals surface area contributed by atoms with Crippen molar-refractivity contribution in [2.75, 3.05) is 6.54 Å². The number of nitrogens with one attached hydrogen (secondary N) is 2. The summed E-state index contributed by atoms with van der Waals surface area (Å²) in [5.41, 5.74) is 2.12. The number of unbranched alkanes of at least 4 members (excludes halogenated alkanes) is 2. The van der Waals surface area contributed by atoms with Crippen LogP contribution in [0.25, 0.3) is 11.0 Å². The second-order valence-electron chi connectivity index (χ2n) is 4.51. The van der Waals surface area contributed by atoms with E-state index in [1.54, 1.807) is 0 Å². The highest BCUT2D eigenvalue weighted by molar-refractivity contribution is 5.86. The minimum absolute atomic E-state index is 0.0997. The molecule has 0 aliphatic heterocycles. The minimum Gasteiger partial charge on any atom is -0.353 e. The number of aromatic amines is 1. The molecule has 4 heteroatoms. The monoisotopic (exact) mass is 257 g/mol. The molecule has 0 saturated carbocycles. The van der Waals surface area contributed by atoms with Gasteiger partial charge in [0.2, 0.25) is 5.91 Å². The normalized spacial score (nSPS) is 10.5. The summed E-state index contributed by atoms with van der Waals surface area (Å²) in [5, 5.41) is 2.77. The smallest absolute Gasteiger partial charge is 0.243 e. The molecular weight excluding hydrogens is 238 g/mol. The molecule has 0 saturated heterocycles. The summed E-state index contributed by atoms with van der Waals surface area (Å²) in [6, 6.07) is 8.05. The van der Waals surface area contributed by atoms with Gasteiger partial charge in [0, 0.05) is 13.0 Å². The third kappa shape index (κ3) is 3.95. The van der Waals surface area contributed by atoms with Crippen LogP contribution in [-0.2, 0) is 11.2 Å². The van der Waals surface area contributed by atoms with Gasteiger partial charge >= 0.3 is 0 Å². The van der Waals surface area contributed by atoms with Crippen LogP contribution in [0, 0.1) is 0 Å². The predicted molar refractivity (Wildman–Crippen MR) is 76.9 cm³/mol. The van der Waals surface area contributed by atoms with Crippen LogP contribution in [0.15, 0.2) is 36.9 Å². The standard InChI is InChI=1S/C15H19N3O/c1-2-15(19)16-11-7-3-4-10-14-17-12-8-5-6-9-13(12)18-14/h2,5-6,8-9H,1,3-4,7,10-11H2,(H,16,19)(H,17,18). The van der Waals surface area contributed by atoms with Crippen molar-refractivity contribution in [1.29, 1.82) is 0 Å². The first-order valence-corrected chi connectivity index (χ1v) is 6.63. The summed E-state index contributed by atoms with van der Waals surface area (Å²) in [6.45, 7) is 4.12. The molecule has 2 rings (SSSR count). The van der Waals surface area contributed by atoms with E-state index in [-0.39, 0.29) is 5.91 Å². The highest BCUT2D eigenvalue weighted by Gasteiger charge is 2.01. The molecule has 0 bridgehead atoms. The fourth-order valence-corrected chi connectivity index (χ4v) is 2.00. The van der Waals surface area contributed by atoms with Gasteiger partial charge in [0.25, 0.3) is 0 Å². The van der Waals surface area contributed by atoms with Gasteiger partial charge in [-0.25, -0.2) is 4.98 Å². The van der Waals surface area contributed by atoms with E-state index in [2.05, 4.69) is 21.9 Å². The van der Waals surface area contributed by atoms with Gasteiger partial charge in [0.05, 0.1) is 11.0 Å². The van der Waals surface area contributed by atoms with E-state index < -0.39 is 0 Å². The average molecular weight is 257 g/mol. The number of H-pyrrole nitrogens is 1. The Morgan fingerprint density at radius 3 is 2.95 bits per heavy atom. The number of rotatable bonds is 7. The van der Waals surface area contributed by atoms with Crippen LogP contribution >= 0.6 is 0 Å². The average Bonchev–Trinajstić information content (AvgIpc) is 2.84. The SMILES string of the molecule is C=CC(=O)NCCCCCc1nc2ccccc2[nH]1. The van der Waals surface area contributed by atoms with Crippen LogP contribution in [-0.4, -0.2) is 22.4 Å². The number of aromatic nitrogens is 2. The summed E-state index contributed by atoms with van der Waals surface area (Å²) < 4.78 is 0. The molecular formula is C15H19N3O. The Balaban J connectivity index is 1.68. The lowest BCUT2D eigenvalue weighted by atomic mass is 10.2. The molecule has 0 spiro atoms. The molecule has 1 heterocycles. The van der Waals surface area contributed by atoms with Crippen LogP contribution in [0.5, 0.6) is 0 Å². The Hall–Kier alpha value is -2.10. The molecule has 0 fully saturated rings. The van der Waals surface area contributed by atoms with Crippen molar-refractivity contribution in [1.82, 2.24) is 15.3 Å². The van der Waals surface area contributed by atoms with Crippen LogP contribution in [0.4, 0.5) is 0 Å². The van der Waals surface area contributed by atoms with Crippen molar-refractivity contribution in [2.45, 2.75) is 25.7 Å². The van der Waals surface area contributed by atoms with Crippen LogP contribution < -0.4 is 5.32 Å². The van der Waals surface area contributed by atoms with E-state index in [4.69, 9.17) is 0 Å². The number of carbonyl (C=O) groups excluding carboxylic acids is 1. The Labute approximate surface area is 112 Å². The Kier molecular flexibility index (Phi) is 4.72. The van der Waals surface area contributed by atoms with Crippen molar-refractivity contribution in [3.05, 3.63) is 42.7 Å². The minimum atomic E-state index is -0.0997. The van der Waals surface area contributed by atoms with Gasteiger partial charge in [0.15, 0.2) is 0 Å². The number of benzene rings is 1. The topological polar surface area (TPSA) is 57.8 Å². The number of fused-ring (bicyclic) bond motifs is 1. The van der Waals surface area contributed by atoms with Gasteiger partial charge in [0.1, 0.15) is 5.82 Å². The van der Waals surface area contributed by atoms with Crippen molar-refractivity contribution in [3.8, 4) is 0 Å². The molecule has 1 aromatic heterocycles. The van der Waals surface area contributed by atoms with E-state index in [0.717, 1.165) is 42.5 Å². The summed E-state index contributed by atoms with van der Waals surface area (Å²) >= 11 is 0. The van der Waals surface area contributed by atoms with E-state index in [9.17, 15) is 4.79 Å². The van der Waals surface area contributed by atoms with Crippen molar-refractivity contribution in [3.63, 3.8) is 0 Å². The molecule has 0 aliphatic rings. The number of hydrogen-bond acceptors (Lipinski definition) is 2. The van der Waals surface area contributed by atoms with Gasteiger partial charge in [-0.15, -0.1) is 0 Å². The largest absolute Gasteiger partial charge is 0.353 e. The van der Waals surface area contributed by atoms with Crippen LogP contribution in [0.3, 0.4) is 0 Å². The molecule has 0 unspecified atom stereocenters. The highest BCUT2D eigenvalue weighted by atomic mass is 16.1. The van der Waals surface area contributed by atoms with Crippen LogP contribution in [0.1, 0.15) is 25.1 Å². The molecule has 4 nitrogen and oxygen atoms in total. The van der Waals surface area contributed by atoms with Gasteiger partial charge in [-0.3, -0.25) is 4.79 Å². The fraction of sp³-hybridized carbons (Fsp3) is 0.333. The number of amides is 1. The molecule has 0 radical (unpaired) electrons. The third-order valence-electron chi connectivity index (χ3n) is 3.01. The first-order chi connectivity index (χ1) is 9.29.